The van der Waals surface area contributed by atoms with Gasteiger partial charge in [-0.25, -0.2) is 0 Å². The molecule has 0 N–H and O–H groups in total. The molecule has 0 radical (unpaired) electrons. The van der Waals surface area contributed by atoms with E-state index in [1.165, 1.54) is 0 Å². The van der Waals surface area contributed by atoms with Gasteiger partial charge in [0.05, 0.1) is 6.21 Å². The molecule has 0 amide bonds. The molecule has 0 bridgehead atoms. The highest BCUT2D eigenvalue weighted by Crippen LogP contribution is 1.93. The van der Waals surface area contributed by atoms with E-state index in [2.05, 4.69) is 10.2 Å². The Morgan fingerprint density at radius 1 is 1.17 bits per heavy atom. The monoisotopic (exact) mass is 160 g/mol. The van der Waals surface area contributed by atoms with Crippen LogP contribution in [0.1, 0.15) is 19.4 Å². The zero-order valence-corrected chi connectivity index (χ0v) is 7.36. The minimum Gasteiger partial charge on any atom is -0.161 e. The summed E-state index contributed by atoms with van der Waals surface area (Å²) in [7, 11) is 0. The molecule has 1 rings (SSSR count). The van der Waals surface area contributed by atoms with E-state index in [1.807, 2.05) is 44.2 Å². The second-order valence-corrected chi connectivity index (χ2v) is 2.70. The first-order valence-corrected chi connectivity index (χ1v) is 3.88. The lowest BCUT2D eigenvalue weighted by Crippen LogP contribution is -1.80. The molecule has 0 atom stereocenters. The van der Waals surface area contributed by atoms with Gasteiger partial charge in [0.15, 0.2) is 0 Å². The Balaban J connectivity index is 2.64. The van der Waals surface area contributed by atoms with Crippen molar-refractivity contribution in [3.05, 3.63) is 35.9 Å². The Labute approximate surface area is 72.7 Å². The minimum atomic E-state index is 0.960. The Kier molecular flexibility index (Phi) is 3.20. The van der Waals surface area contributed by atoms with Crippen molar-refractivity contribution in [2.75, 3.05) is 0 Å². The lowest BCUT2D eigenvalue weighted by molar-refractivity contribution is 1.23. The van der Waals surface area contributed by atoms with E-state index in [0.717, 1.165) is 11.3 Å². The highest BCUT2D eigenvalue weighted by atomic mass is 15.2. The number of rotatable bonds is 2. The van der Waals surface area contributed by atoms with Gasteiger partial charge in [0.1, 0.15) is 0 Å². The van der Waals surface area contributed by atoms with Gasteiger partial charge >= 0.3 is 0 Å². The molecule has 0 aliphatic rings. The summed E-state index contributed by atoms with van der Waals surface area (Å²) in [5.41, 5.74) is 2.03. The Morgan fingerprint density at radius 3 is 2.42 bits per heavy atom. The largest absolute Gasteiger partial charge is 0.161 e. The topological polar surface area (TPSA) is 24.7 Å². The average molecular weight is 160 g/mol. The molecule has 1 aromatic rings. The van der Waals surface area contributed by atoms with E-state index in [9.17, 15) is 0 Å². The second-order valence-electron chi connectivity index (χ2n) is 2.70. The summed E-state index contributed by atoms with van der Waals surface area (Å²) in [5.74, 6) is 0. The third kappa shape index (κ3) is 3.10. The normalized spacial score (nSPS) is 10.2. The van der Waals surface area contributed by atoms with Crippen LogP contribution in [-0.2, 0) is 0 Å². The molecule has 0 fully saturated rings. The van der Waals surface area contributed by atoms with Crippen LogP contribution in [0.15, 0.2) is 40.5 Å². The average Bonchev–Trinajstić information content (AvgIpc) is 2.05. The van der Waals surface area contributed by atoms with Gasteiger partial charge in [-0.15, -0.1) is 0 Å². The third-order valence-corrected chi connectivity index (χ3v) is 1.26. The molecule has 0 aliphatic heterocycles. The molecule has 0 saturated carbocycles. The SMILES string of the molecule is CC(C)=N/N=C/c1ccccc1. The Morgan fingerprint density at radius 2 is 1.83 bits per heavy atom. The second kappa shape index (κ2) is 4.44. The van der Waals surface area contributed by atoms with E-state index >= 15 is 0 Å². The molecular formula is C10H12N2. The Bertz CT molecular complexity index is 282. The van der Waals surface area contributed by atoms with Gasteiger partial charge in [0.25, 0.3) is 0 Å². The summed E-state index contributed by atoms with van der Waals surface area (Å²) in [5, 5.41) is 7.81. The lowest BCUT2D eigenvalue weighted by atomic mass is 10.2. The number of hydrogen-bond donors (Lipinski definition) is 0. The summed E-state index contributed by atoms with van der Waals surface area (Å²) < 4.78 is 0. The summed E-state index contributed by atoms with van der Waals surface area (Å²) in [6, 6.07) is 9.91. The maximum Gasteiger partial charge on any atom is 0.0568 e. The maximum absolute atomic E-state index is 3.91. The van der Waals surface area contributed by atoms with Gasteiger partial charge in [-0.3, -0.25) is 0 Å². The summed E-state index contributed by atoms with van der Waals surface area (Å²) in [4.78, 5) is 0. The molecule has 2 nitrogen and oxygen atoms in total. The molecular weight excluding hydrogens is 148 g/mol. The van der Waals surface area contributed by atoms with Gasteiger partial charge < -0.3 is 0 Å². The van der Waals surface area contributed by atoms with E-state index in [1.54, 1.807) is 6.21 Å². The van der Waals surface area contributed by atoms with Gasteiger partial charge in [-0.05, 0) is 19.4 Å². The molecule has 62 valence electrons. The highest BCUT2D eigenvalue weighted by Gasteiger charge is 1.81. The van der Waals surface area contributed by atoms with E-state index in [0.29, 0.717) is 0 Å². The molecule has 0 aromatic heterocycles. The number of benzene rings is 1. The lowest BCUT2D eigenvalue weighted by Gasteiger charge is -1.87. The molecule has 0 aliphatic carbocycles. The van der Waals surface area contributed by atoms with Crippen LogP contribution in [0.2, 0.25) is 0 Å². The van der Waals surface area contributed by atoms with Crippen molar-refractivity contribution in [1.29, 1.82) is 0 Å². The highest BCUT2D eigenvalue weighted by molar-refractivity contribution is 5.82. The van der Waals surface area contributed by atoms with Crippen LogP contribution in [0.25, 0.3) is 0 Å². The Hall–Kier alpha value is -1.44. The van der Waals surface area contributed by atoms with Crippen molar-refractivity contribution in [3.63, 3.8) is 0 Å². The molecule has 0 unspecified atom stereocenters. The smallest absolute Gasteiger partial charge is 0.0568 e. The fourth-order valence-corrected chi connectivity index (χ4v) is 0.750. The molecule has 2 heteroatoms. The van der Waals surface area contributed by atoms with Crippen LogP contribution in [0.3, 0.4) is 0 Å². The predicted molar refractivity (Wildman–Crippen MR) is 52.8 cm³/mol. The van der Waals surface area contributed by atoms with Crippen molar-refractivity contribution < 1.29 is 0 Å². The van der Waals surface area contributed by atoms with Crippen LogP contribution in [-0.4, -0.2) is 11.9 Å². The fraction of sp³-hybridized carbons (Fsp3) is 0.200. The van der Waals surface area contributed by atoms with Crippen LogP contribution in [0, 0.1) is 0 Å². The van der Waals surface area contributed by atoms with Crippen molar-refractivity contribution in [3.8, 4) is 0 Å². The van der Waals surface area contributed by atoms with E-state index < -0.39 is 0 Å². The summed E-state index contributed by atoms with van der Waals surface area (Å²) in [6.07, 6.45) is 1.74. The number of hydrogen-bond acceptors (Lipinski definition) is 2. The standard InChI is InChI=1S/C10H12N2/c1-9(2)12-11-8-10-6-4-3-5-7-10/h3-8H,1-2H3/b11-8+. The predicted octanol–water partition coefficient (Wildman–Crippen LogP) is 2.50. The van der Waals surface area contributed by atoms with E-state index in [-0.39, 0.29) is 0 Å². The molecule has 0 spiro atoms. The molecule has 12 heavy (non-hydrogen) atoms. The summed E-state index contributed by atoms with van der Waals surface area (Å²) in [6.45, 7) is 3.84. The number of nitrogens with zero attached hydrogens (tertiary/aromatic N) is 2. The zero-order chi connectivity index (χ0) is 8.81. The van der Waals surface area contributed by atoms with Crippen LogP contribution < -0.4 is 0 Å². The van der Waals surface area contributed by atoms with Gasteiger partial charge in [0.2, 0.25) is 0 Å². The van der Waals surface area contributed by atoms with Gasteiger partial charge in [-0.2, -0.15) is 10.2 Å². The van der Waals surface area contributed by atoms with Crippen molar-refractivity contribution >= 4 is 11.9 Å². The minimum absolute atomic E-state index is 0.960. The molecule has 0 heterocycles. The van der Waals surface area contributed by atoms with Crippen molar-refractivity contribution in [2.45, 2.75) is 13.8 Å². The van der Waals surface area contributed by atoms with E-state index in [4.69, 9.17) is 0 Å². The third-order valence-electron chi connectivity index (χ3n) is 1.26. The quantitative estimate of drug-likeness (QED) is 0.469. The van der Waals surface area contributed by atoms with Crippen LogP contribution in [0.5, 0.6) is 0 Å². The van der Waals surface area contributed by atoms with Crippen LogP contribution >= 0.6 is 0 Å². The van der Waals surface area contributed by atoms with Crippen LogP contribution in [0.4, 0.5) is 0 Å². The first-order chi connectivity index (χ1) is 5.79. The zero-order valence-electron chi connectivity index (χ0n) is 7.36. The van der Waals surface area contributed by atoms with Gasteiger partial charge in [0, 0.05) is 5.71 Å². The fourth-order valence-electron chi connectivity index (χ4n) is 0.750. The first kappa shape index (κ1) is 8.65. The maximum atomic E-state index is 3.91. The molecule has 1 aromatic carbocycles. The van der Waals surface area contributed by atoms with Gasteiger partial charge in [-0.1, -0.05) is 30.3 Å². The van der Waals surface area contributed by atoms with Crippen molar-refractivity contribution in [1.82, 2.24) is 0 Å². The first-order valence-electron chi connectivity index (χ1n) is 3.88. The summed E-state index contributed by atoms with van der Waals surface area (Å²) >= 11 is 0. The van der Waals surface area contributed by atoms with Crippen molar-refractivity contribution in [2.24, 2.45) is 10.2 Å². The molecule has 0 saturated heterocycles.